The number of nitrogens with zero attached hydrogens (tertiary/aromatic N) is 1. The van der Waals surface area contributed by atoms with Crippen molar-refractivity contribution in [2.45, 2.75) is 31.2 Å². The molecule has 2 aliphatic heterocycles. The molecule has 29 heavy (non-hydrogen) atoms. The van der Waals surface area contributed by atoms with E-state index in [1.165, 1.54) is 6.07 Å². The van der Waals surface area contributed by atoms with E-state index in [1.54, 1.807) is 18.2 Å². The molecule has 0 saturated carbocycles. The van der Waals surface area contributed by atoms with Crippen molar-refractivity contribution in [1.82, 2.24) is 9.55 Å². The zero-order valence-corrected chi connectivity index (χ0v) is 16.1. The van der Waals surface area contributed by atoms with Gasteiger partial charge in [0.25, 0.3) is 5.56 Å². The Hall–Kier alpha value is -2.01. The van der Waals surface area contributed by atoms with E-state index < -0.39 is 55.3 Å². The number of phosphoric acid groups is 1. The summed E-state index contributed by atoms with van der Waals surface area (Å²) in [6.45, 7) is -3.68. The molecule has 4 rings (SSSR count). The maximum atomic E-state index is 15.5. The molecule has 156 valence electrons. The number of hydrogen-bond acceptors (Lipinski definition) is 8. The van der Waals surface area contributed by atoms with Crippen molar-refractivity contribution >= 4 is 19.4 Å². The molecule has 0 bridgehead atoms. The van der Waals surface area contributed by atoms with E-state index in [0.717, 1.165) is 6.20 Å². The van der Waals surface area contributed by atoms with Crippen molar-refractivity contribution in [3.63, 3.8) is 0 Å². The number of alkyl halides is 1. The highest BCUT2D eigenvalue weighted by Gasteiger charge is 2.50. The summed E-state index contributed by atoms with van der Waals surface area (Å²) in [5, 5.41) is 9.77. The van der Waals surface area contributed by atoms with Gasteiger partial charge in [0.1, 0.15) is 23.4 Å². The molecule has 2 aliphatic rings. The highest BCUT2D eigenvalue weighted by atomic mass is 35.5. The van der Waals surface area contributed by atoms with Crippen molar-refractivity contribution in [1.29, 1.82) is 0 Å². The average molecular weight is 451 g/mol. The van der Waals surface area contributed by atoms with Crippen LogP contribution in [-0.2, 0) is 25.0 Å². The minimum Gasteiger partial charge on any atom is -0.404 e. The second-order valence-corrected chi connectivity index (χ2v) is 8.19. The lowest BCUT2D eigenvalue weighted by molar-refractivity contribution is -0.179. The number of aliphatic hydroxyl groups excluding tert-OH is 1. The van der Waals surface area contributed by atoms with Crippen molar-refractivity contribution in [3.8, 4) is 5.75 Å². The van der Waals surface area contributed by atoms with Crippen LogP contribution >= 0.6 is 19.4 Å². The molecule has 1 fully saturated rings. The van der Waals surface area contributed by atoms with Gasteiger partial charge in [-0.1, -0.05) is 29.8 Å². The van der Waals surface area contributed by atoms with Crippen LogP contribution in [0.15, 0.2) is 40.1 Å². The van der Waals surface area contributed by atoms with Gasteiger partial charge in [0.05, 0.1) is 9.35 Å². The van der Waals surface area contributed by atoms with Crippen LogP contribution in [0, 0.1) is 0 Å². The fourth-order valence-corrected chi connectivity index (χ4v) is 4.08. The van der Waals surface area contributed by atoms with Crippen molar-refractivity contribution in [2.75, 3.05) is 6.56 Å². The Bertz CT molecular complexity index is 1190. The molecule has 0 amide bonds. The number of nitrogens with one attached hydrogen (secondary N) is 1. The fraction of sp³-hybridized carbons (Fsp3) is 0.375. The highest BCUT2D eigenvalue weighted by molar-refractivity contribution is 7.49. The lowest BCUT2D eigenvalue weighted by atomic mass is 10.2. The first-order valence-corrected chi connectivity index (χ1v) is 10.1. The van der Waals surface area contributed by atoms with E-state index in [4.69, 9.17) is 32.7 Å². The molecule has 1 unspecified atom stereocenters. The Labute approximate surface area is 170 Å². The maximum absolute atomic E-state index is 15.5. The number of ether oxygens (including phenoxy) is 1. The SMILES string of the molecule is [2H]C([2H])(OP1(=O)OCc2ccccc2O1)[C@]1(F)C[C@@H](O)[C@H](n2cc(Cl)c(=O)[nH]c2=O)O1. The number of aliphatic hydroxyl groups is 1. The van der Waals surface area contributed by atoms with E-state index in [0.29, 0.717) is 10.1 Å². The molecular formula is C16H15ClFN2O8P. The summed E-state index contributed by atoms with van der Waals surface area (Å²) in [5.41, 5.74) is -1.46. The van der Waals surface area contributed by atoms with E-state index in [1.807, 2.05) is 4.98 Å². The molecule has 13 heteroatoms. The van der Waals surface area contributed by atoms with Crippen LogP contribution in [0.1, 0.15) is 21.0 Å². The quantitative estimate of drug-likeness (QED) is 0.675. The molecular weight excluding hydrogens is 434 g/mol. The Morgan fingerprint density at radius 2 is 2.24 bits per heavy atom. The number of rotatable bonds is 4. The minimum atomic E-state index is -4.61. The zero-order chi connectivity index (χ0) is 22.6. The Morgan fingerprint density at radius 1 is 1.48 bits per heavy atom. The predicted molar refractivity (Wildman–Crippen MR) is 96.3 cm³/mol. The monoisotopic (exact) mass is 450 g/mol. The molecule has 0 radical (unpaired) electrons. The second kappa shape index (κ2) is 7.35. The van der Waals surface area contributed by atoms with Gasteiger partial charge in [-0.3, -0.25) is 23.4 Å². The van der Waals surface area contributed by atoms with E-state index in [-0.39, 0.29) is 12.4 Å². The van der Waals surface area contributed by atoms with E-state index in [9.17, 15) is 19.3 Å². The first-order chi connectivity index (χ1) is 14.4. The van der Waals surface area contributed by atoms with Gasteiger partial charge in [-0.2, -0.15) is 0 Å². The van der Waals surface area contributed by atoms with E-state index >= 15 is 4.39 Å². The number of para-hydroxylation sites is 1. The van der Waals surface area contributed by atoms with Crippen LogP contribution in [0.4, 0.5) is 4.39 Å². The number of phosphoric ester groups is 1. The van der Waals surface area contributed by atoms with Gasteiger partial charge in [-0.05, 0) is 6.07 Å². The highest BCUT2D eigenvalue weighted by Crippen LogP contribution is 2.55. The van der Waals surface area contributed by atoms with Gasteiger partial charge in [0.2, 0.25) is 5.85 Å². The average Bonchev–Trinajstić information content (AvgIpc) is 3.00. The number of halogens is 2. The third kappa shape index (κ3) is 4.02. The number of aromatic amines is 1. The normalized spacial score (nSPS) is 32.8. The number of benzene rings is 1. The van der Waals surface area contributed by atoms with Gasteiger partial charge in [-0.25, -0.2) is 13.8 Å². The first kappa shape index (κ1) is 17.8. The zero-order valence-electron chi connectivity index (χ0n) is 16.4. The van der Waals surface area contributed by atoms with Crippen LogP contribution in [0.25, 0.3) is 0 Å². The van der Waals surface area contributed by atoms with Crippen LogP contribution in [0.3, 0.4) is 0 Å². The fourth-order valence-electron chi connectivity index (χ4n) is 2.82. The summed E-state index contributed by atoms with van der Waals surface area (Å²) in [7, 11) is -4.61. The Morgan fingerprint density at radius 3 is 3.03 bits per heavy atom. The minimum absolute atomic E-state index is 0.112. The Kier molecular flexibility index (Phi) is 4.52. The number of aromatic nitrogens is 2. The smallest absolute Gasteiger partial charge is 0.404 e. The molecule has 1 aromatic carbocycles. The lowest BCUT2D eigenvalue weighted by Gasteiger charge is -2.27. The van der Waals surface area contributed by atoms with Gasteiger partial charge < -0.3 is 14.4 Å². The lowest BCUT2D eigenvalue weighted by Crippen LogP contribution is -2.36. The largest absolute Gasteiger partial charge is 0.530 e. The third-order valence-electron chi connectivity index (χ3n) is 4.18. The molecule has 2 N–H and O–H groups in total. The topological polar surface area (TPSA) is 129 Å². The summed E-state index contributed by atoms with van der Waals surface area (Å²) < 4.78 is 64.6. The molecule has 1 saturated heterocycles. The summed E-state index contributed by atoms with van der Waals surface area (Å²) in [6, 6.07) is 6.33. The molecule has 4 atom stereocenters. The predicted octanol–water partition coefficient (Wildman–Crippen LogP) is 1.87. The summed E-state index contributed by atoms with van der Waals surface area (Å²) in [5.74, 6) is -3.26. The molecule has 2 aromatic rings. The molecule has 0 aliphatic carbocycles. The third-order valence-corrected chi connectivity index (χ3v) is 5.63. The number of hydrogen-bond donors (Lipinski definition) is 2. The molecule has 3 heterocycles. The summed E-state index contributed by atoms with van der Waals surface area (Å²) in [4.78, 5) is 25.2. The number of fused-ring (bicyclic) bond motifs is 1. The van der Waals surface area contributed by atoms with Crippen LogP contribution in [0.2, 0.25) is 5.02 Å². The van der Waals surface area contributed by atoms with Crippen LogP contribution in [-0.4, -0.2) is 33.2 Å². The van der Waals surface area contributed by atoms with E-state index in [2.05, 4.69) is 0 Å². The van der Waals surface area contributed by atoms with Crippen molar-refractivity contribution < 1.29 is 35.1 Å². The second-order valence-electron chi connectivity index (χ2n) is 6.26. The Balaban J connectivity index is 1.59. The van der Waals surface area contributed by atoms with Crippen molar-refractivity contribution in [2.24, 2.45) is 0 Å². The first-order valence-electron chi connectivity index (χ1n) is 9.22. The van der Waals surface area contributed by atoms with Crippen LogP contribution in [0.5, 0.6) is 5.75 Å². The van der Waals surface area contributed by atoms with Gasteiger partial charge in [0.15, 0.2) is 6.23 Å². The number of H-pyrrole nitrogens is 1. The van der Waals surface area contributed by atoms with Crippen molar-refractivity contribution in [3.05, 3.63) is 61.9 Å². The standard InChI is InChI=1S/C16H15ClFN2O8P/c17-10-6-20(15(23)19-13(10)22)14-11(21)5-16(18,27-14)8-26-29(24)25-7-9-3-1-2-4-12(9)28-29/h1-4,6,11,14,21H,5,7-8H2,(H,19,22,23)/t11-,14-,16+,29?/m1/s1/i8D2. The molecule has 10 nitrogen and oxygen atoms in total. The summed E-state index contributed by atoms with van der Waals surface area (Å²) in [6.07, 6.45) is -3.71. The van der Waals surface area contributed by atoms with Crippen LogP contribution < -0.4 is 15.8 Å². The van der Waals surface area contributed by atoms with Gasteiger partial charge >= 0.3 is 13.5 Å². The van der Waals surface area contributed by atoms with Gasteiger partial charge in [0, 0.05) is 18.2 Å². The molecule has 1 aromatic heterocycles. The maximum Gasteiger partial charge on any atom is 0.530 e. The van der Waals surface area contributed by atoms with Gasteiger partial charge in [-0.15, -0.1) is 0 Å². The summed E-state index contributed by atoms with van der Waals surface area (Å²) >= 11 is 5.66. The molecule has 0 spiro atoms.